The minimum Gasteiger partial charge on any atom is -0.359 e. The number of nitrogens with two attached hydrogens (primary N) is 1. The fourth-order valence-corrected chi connectivity index (χ4v) is 7.25. The van der Waals surface area contributed by atoms with Crippen molar-refractivity contribution >= 4 is 33.0 Å². The molecule has 0 aliphatic heterocycles. The highest BCUT2D eigenvalue weighted by Crippen LogP contribution is 2.61. The van der Waals surface area contributed by atoms with Crippen LogP contribution in [0, 0.1) is 23.2 Å². The Morgan fingerprint density at radius 2 is 1.68 bits per heavy atom. The van der Waals surface area contributed by atoms with Crippen molar-refractivity contribution in [2.75, 3.05) is 5.32 Å². The molecule has 28 heavy (non-hydrogen) atoms. The molecule has 0 radical (unpaired) electrons. The van der Waals surface area contributed by atoms with Crippen LogP contribution in [-0.2, 0) is 10.0 Å². The molecule has 0 aromatic heterocycles. The molecule has 7 heteroatoms. The number of primary sulfonamides is 1. The van der Waals surface area contributed by atoms with Gasteiger partial charge in [0.05, 0.1) is 4.90 Å². The third kappa shape index (κ3) is 4.07. The molecule has 1 atom stereocenters. The van der Waals surface area contributed by atoms with E-state index in [1.165, 1.54) is 50.7 Å². The first-order valence-corrected chi connectivity index (χ1v) is 12.4. The van der Waals surface area contributed by atoms with Crippen molar-refractivity contribution in [2.24, 2.45) is 28.3 Å². The van der Waals surface area contributed by atoms with E-state index in [1.807, 2.05) is 0 Å². The first kappa shape index (κ1) is 20.1. The molecule has 4 aliphatic rings. The Hall–Kier alpha value is -1.18. The molecule has 0 spiro atoms. The summed E-state index contributed by atoms with van der Waals surface area (Å²) in [5.74, 6) is 2.75. The summed E-state index contributed by atoms with van der Waals surface area (Å²) in [6.45, 7) is 2.25. The minimum absolute atomic E-state index is 0.106. The third-order valence-corrected chi connectivity index (χ3v) is 8.30. The molecule has 4 aliphatic carbocycles. The molecule has 4 N–H and O–H groups in total. The van der Waals surface area contributed by atoms with Gasteiger partial charge in [-0.15, -0.1) is 0 Å². The monoisotopic (exact) mass is 421 g/mol. The van der Waals surface area contributed by atoms with E-state index < -0.39 is 10.0 Å². The van der Waals surface area contributed by atoms with E-state index in [0.717, 1.165) is 36.3 Å². The summed E-state index contributed by atoms with van der Waals surface area (Å²) in [7, 11) is -3.68. The largest absolute Gasteiger partial charge is 0.359 e. The second-order valence-electron chi connectivity index (χ2n) is 9.29. The van der Waals surface area contributed by atoms with Gasteiger partial charge in [0.25, 0.3) is 0 Å². The zero-order valence-corrected chi connectivity index (χ0v) is 18.1. The number of anilines is 1. The molecule has 5 nitrogen and oxygen atoms in total. The van der Waals surface area contributed by atoms with Crippen molar-refractivity contribution in [1.29, 1.82) is 0 Å². The number of hydrogen-bond donors (Lipinski definition) is 3. The lowest BCUT2D eigenvalue weighted by atomic mass is 9.47. The van der Waals surface area contributed by atoms with Crippen molar-refractivity contribution < 1.29 is 8.42 Å². The van der Waals surface area contributed by atoms with E-state index in [0.29, 0.717) is 16.6 Å². The van der Waals surface area contributed by atoms with Gasteiger partial charge in [0.1, 0.15) is 0 Å². The summed E-state index contributed by atoms with van der Waals surface area (Å²) in [6.07, 6.45) is 10.7. The fourth-order valence-electron chi connectivity index (χ4n) is 6.48. The van der Waals surface area contributed by atoms with Gasteiger partial charge in [0, 0.05) is 11.7 Å². The molecule has 0 amide bonds. The van der Waals surface area contributed by atoms with Gasteiger partial charge in [-0.25, -0.2) is 13.6 Å². The van der Waals surface area contributed by atoms with Crippen LogP contribution in [0.4, 0.5) is 5.69 Å². The van der Waals surface area contributed by atoms with E-state index in [4.69, 9.17) is 17.4 Å². The van der Waals surface area contributed by atoms with Gasteiger partial charge < -0.3 is 10.6 Å². The Morgan fingerprint density at radius 3 is 2.14 bits per heavy atom. The number of rotatable bonds is 6. The van der Waals surface area contributed by atoms with Crippen molar-refractivity contribution in [1.82, 2.24) is 5.32 Å². The standard InChI is InChI=1S/C21H31N3O2S2/c1-2-3-19(21-11-14-8-15(12-21)10-16(9-14)13-21)24-20(27)23-17-4-6-18(7-5-17)28(22,25)26/h4-7,14-16,19H,2-3,8-13H2,1H3,(H2,22,25,26)(H2,23,24,27). The van der Waals surface area contributed by atoms with Crippen LogP contribution in [0.2, 0.25) is 0 Å². The van der Waals surface area contributed by atoms with Crippen LogP contribution in [0.5, 0.6) is 0 Å². The Balaban J connectivity index is 1.44. The summed E-state index contributed by atoms with van der Waals surface area (Å²) >= 11 is 5.62. The highest BCUT2D eigenvalue weighted by Gasteiger charge is 2.54. The SMILES string of the molecule is CCCC(NC(=S)Nc1ccc(S(N)(=O)=O)cc1)C12CC3CC(CC(C3)C1)C2. The Bertz CT molecular complexity index is 800. The van der Waals surface area contributed by atoms with Gasteiger partial charge in [-0.3, -0.25) is 0 Å². The molecule has 4 bridgehead atoms. The smallest absolute Gasteiger partial charge is 0.238 e. The maximum Gasteiger partial charge on any atom is 0.238 e. The first-order chi connectivity index (χ1) is 13.3. The number of hydrogen-bond acceptors (Lipinski definition) is 3. The third-order valence-electron chi connectivity index (χ3n) is 7.15. The molecular weight excluding hydrogens is 390 g/mol. The lowest BCUT2D eigenvalue weighted by molar-refractivity contribution is -0.0718. The second kappa shape index (κ2) is 7.58. The minimum atomic E-state index is -3.68. The molecule has 5 rings (SSSR count). The zero-order valence-electron chi connectivity index (χ0n) is 16.5. The molecular formula is C21H31N3O2S2. The van der Waals surface area contributed by atoms with Gasteiger partial charge in [0.2, 0.25) is 10.0 Å². The lowest BCUT2D eigenvalue weighted by Gasteiger charge is -2.59. The number of thiocarbonyl (C=S) groups is 1. The Kier molecular flexibility index (Phi) is 5.44. The summed E-state index contributed by atoms with van der Waals surface area (Å²) < 4.78 is 22.8. The van der Waals surface area contributed by atoms with Crippen molar-refractivity contribution in [3.63, 3.8) is 0 Å². The van der Waals surface area contributed by atoms with Gasteiger partial charge in [-0.05, 0) is 105 Å². The van der Waals surface area contributed by atoms with Crippen LogP contribution < -0.4 is 15.8 Å². The second-order valence-corrected chi connectivity index (χ2v) is 11.3. The highest BCUT2D eigenvalue weighted by molar-refractivity contribution is 7.89. The van der Waals surface area contributed by atoms with Crippen molar-refractivity contribution in [3.05, 3.63) is 24.3 Å². The fraction of sp³-hybridized carbons (Fsp3) is 0.667. The predicted octanol–water partition coefficient (Wildman–Crippen LogP) is 4.01. The van der Waals surface area contributed by atoms with Gasteiger partial charge in [-0.2, -0.15) is 0 Å². The van der Waals surface area contributed by atoms with E-state index in [-0.39, 0.29) is 4.90 Å². The van der Waals surface area contributed by atoms with Crippen molar-refractivity contribution in [3.8, 4) is 0 Å². The number of benzene rings is 1. The highest BCUT2D eigenvalue weighted by atomic mass is 32.2. The maximum atomic E-state index is 11.4. The molecule has 1 aromatic carbocycles. The molecule has 154 valence electrons. The maximum absolute atomic E-state index is 11.4. The topological polar surface area (TPSA) is 84.2 Å². The molecule has 1 aromatic rings. The lowest BCUT2D eigenvalue weighted by Crippen LogP contribution is -2.57. The van der Waals surface area contributed by atoms with E-state index >= 15 is 0 Å². The average molecular weight is 422 g/mol. The van der Waals surface area contributed by atoms with E-state index in [9.17, 15) is 8.42 Å². The number of sulfonamides is 1. The van der Waals surface area contributed by atoms with Crippen LogP contribution in [0.25, 0.3) is 0 Å². The normalized spacial score (nSPS) is 32.1. The summed E-state index contributed by atoms with van der Waals surface area (Å²) in [4.78, 5) is 0.106. The van der Waals surface area contributed by atoms with Gasteiger partial charge >= 0.3 is 0 Å². The first-order valence-electron chi connectivity index (χ1n) is 10.5. The van der Waals surface area contributed by atoms with Crippen LogP contribution >= 0.6 is 12.2 Å². The van der Waals surface area contributed by atoms with Crippen LogP contribution in [0.3, 0.4) is 0 Å². The molecule has 1 unspecified atom stereocenters. The van der Waals surface area contributed by atoms with E-state index in [1.54, 1.807) is 12.1 Å². The van der Waals surface area contributed by atoms with Gasteiger partial charge in [0.15, 0.2) is 5.11 Å². The predicted molar refractivity (Wildman–Crippen MR) is 116 cm³/mol. The summed E-state index contributed by atoms with van der Waals surface area (Å²) in [5, 5.41) is 12.7. The Morgan fingerprint density at radius 1 is 1.14 bits per heavy atom. The molecule has 4 fully saturated rings. The average Bonchev–Trinajstić information content (AvgIpc) is 2.60. The van der Waals surface area contributed by atoms with Crippen LogP contribution in [-0.4, -0.2) is 19.6 Å². The summed E-state index contributed by atoms with van der Waals surface area (Å²) in [6, 6.07) is 6.82. The Labute approximate surface area is 173 Å². The molecule has 4 saturated carbocycles. The van der Waals surface area contributed by atoms with E-state index in [2.05, 4.69) is 17.6 Å². The van der Waals surface area contributed by atoms with Crippen LogP contribution in [0.1, 0.15) is 58.3 Å². The summed E-state index contributed by atoms with van der Waals surface area (Å²) in [5.41, 5.74) is 1.17. The van der Waals surface area contributed by atoms with Gasteiger partial charge in [-0.1, -0.05) is 13.3 Å². The van der Waals surface area contributed by atoms with Crippen LogP contribution in [0.15, 0.2) is 29.2 Å². The quantitative estimate of drug-likeness (QED) is 0.605. The zero-order chi connectivity index (χ0) is 19.9. The van der Waals surface area contributed by atoms with Crippen molar-refractivity contribution in [2.45, 2.75) is 69.2 Å². The number of nitrogens with one attached hydrogen (secondary N) is 2. The molecule has 0 heterocycles. The molecule has 0 saturated heterocycles.